The lowest BCUT2D eigenvalue weighted by atomic mass is 9.83. The Bertz CT molecular complexity index is 1220. The average Bonchev–Trinajstić information content (AvgIpc) is 3.01. The Morgan fingerprint density at radius 1 is 0.914 bits per heavy atom. The zero-order valence-corrected chi connectivity index (χ0v) is 20.1. The second-order valence-electron chi connectivity index (χ2n) is 9.35. The summed E-state index contributed by atoms with van der Waals surface area (Å²) in [5.41, 5.74) is 0.396. The molecular weight excluding hydrogens is 459 g/mol. The number of rotatable bonds is 5. The molecule has 0 aromatic heterocycles. The quantitative estimate of drug-likeness (QED) is 0.309. The molecule has 0 saturated heterocycles. The topological polar surface area (TPSA) is 63.7 Å². The van der Waals surface area contributed by atoms with E-state index in [1.165, 1.54) is 19.1 Å². The molecule has 0 unspecified atom stereocenters. The third kappa shape index (κ3) is 4.92. The average molecular weight is 486 g/mol. The molecule has 0 aliphatic carbocycles. The number of carbonyl (C=O) groups excluding carboxylic acids is 3. The summed E-state index contributed by atoms with van der Waals surface area (Å²) in [6, 6.07) is 11.0. The molecule has 1 atom stereocenters. The molecule has 3 rings (SSSR count). The van der Waals surface area contributed by atoms with Crippen LogP contribution < -0.4 is 4.90 Å². The monoisotopic (exact) mass is 485 g/mol. The Kier molecular flexibility index (Phi) is 6.79. The Morgan fingerprint density at radius 2 is 1.43 bits per heavy atom. The molecule has 5 nitrogen and oxygen atoms in total. The molecule has 1 aliphatic rings. The second kappa shape index (κ2) is 9.17. The van der Waals surface area contributed by atoms with E-state index in [2.05, 4.69) is 6.58 Å². The summed E-state index contributed by atoms with van der Waals surface area (Å²) < 4.78 is 44.0. The number of amides is 2. The molecule has 0 saturated carbocycles. The van der Waals surface area contributed by atoms with Gasteiger partial charge in [0.25, 0.3) is 11.8 Å². The second-order valence-corrected chi connectivity index (χ2v) is 9.35. The van der Waals surface area contributed by atoms with Crippen molar-refractivity contribution in [1.29, 1.82) is 0 Å². The minimum atomic E-state index is -4.56. The first-order valence-corrected chi connectivity index (χ1v) is 10.8. The zero-order valence-electron chi connectivity index (χ0n) is 20.1. The van der Waals surface area contributed by atoms with Crippen molar-refractivity contribution < 1.29 is 32.3 Å². The van der Waals surface area contributed by atoms with Gasteiger partial charge in [-0.3, -0.25) is 9.59 Å². The Labute approximate surface area is 201 Å². The molecule has 8 heteroatoms. The van der Waals surface area contributed by atoms with Crippen LogP contribution in [-0.4, -0.2) is 24.9 Å². The van der Waals surface area contributed by atoms with Gasteiger partial charge in [-0.15, -0.1) is 0 Å². The number of nitrogens with zero attached hydrogens (tertiary/aromatic N) is 1. The summed E-state index contributed by atoms with van der Waals surface area (Å²) >= 11 is 0. The van der Waals surface area contributed by atoms with Crippen LogP contribution >= 0.6 is 0 Å². The fraction of sp³-hybridized carbons (Fsp3) is 0.296. The van der Waals surface area contributed by atoms with Crippen LogP contribution in [0.15, 0.2) is 71.8 Å². The number of benzene rings is 2. The van der Waals surface area contributed by atoms with Crippen LogP contribution in [0.25, 0.3) is 0 Å². The lowest BCUT2D eigenvalue weighted by Gasteiger charge is -2.23. The number of alkyl halides is 3. The molecule has 0 fully saturated rings. The van der Waals surface area contributed by atoms with Gasteiger partial charge in [0.1, 0.15) is 0 Å². The van der Waals surface area contributed by atoms with E-state index in [0.717, 1.165) is 29.7 Å². The highest BCUT2D eigenvalue weighted by atomic mass is 19.4. The van der Waals surface area contributed by atoms with Gasteiger partial charge in [-0.1, -0.05) is 51.6 Å². The van der Waals surface area contributed by atoms with Crippen LogP contribution in [0.5, 0.6) is 0 Å². The van der Waals surface area contributed by atoms with E-state index in [-0.39, 0.29) is 27.7 Å². The summed E-state index contributed by atoms with van der Waals surface area (Å²) in [5.74, 6) is -3.27. The Balaban J connectivity index is 2.08. The minimum Gasteiger partial charge on any atom is -0.466 e. The summed E-state index contributed by atoms with van der Waals surface area (Å²) in [7, 11) is 1.13. The van der Waals surface area contributed by atoms with Gasteiger partial charge < -0.3 is 4.74 Å². The van der Waals surface area contributed by atoms with E-state index < -0.39 is 35.4 Å². The minimum absolute atomic E-state index is 0.0370. The van der Waals surface area contributed by atoms with E-state index in [1.807, 2.05) is 32.9 Å². The van der Waals surface area contributed by atoms with Crippen molar-refractivity contribution >= 4 is 23.5 Å². The fourth-order valence-electron chi connectivity index (χ4n) is 4.00. The molecule has 0 radical (unpaired) electrons. The third-order valence-electron chi connectivity index (χ3n) is 6.01. The smallest absolute Gasteiger partial charge is 0.416 e. The van der Waals surface area contributed by atoms with E-state index in [4.69, 9.17) is 4.74 Å². The molecular formula is C27H26F3NO4. The standard InChI is InChI=1S/C27H26F3NO4/c1-15-22(24(33)31(23(15)32)20-13-11-18(12-14-20)26(3,4)5)21(16(2)25(34)35-6)17-7-9-19(10-8-17)27(28,29)30/h7-14,21H,2H2,1,3-6H3/t21-/m1/s1. The van der Waals surface area contributed by atoms with Crippen molar-refractivity contribution in [2.75, 3.05) is 12.0 Å². The van der Waals surface area contributed by atoms with Crippen molar-refractivity contribution in [3.8, 4) is 0 Å². The van der Waals surface area contributed by atoms with Crippen LogP contribution in [0.4, 0.5) is 18.9 Å². The molecule has 2 amide bonds. The number of hydrogen-bond acceptors (Lipinski definition) is 4. The van der Waals surface area contributed by atoms with Gasteiger partial charge in [0, 0.05) is 22.6 Å². The van der Waals surface area contributed by atoms with E-state index >= 15 is 0 Å². The highest BCUT2D eigenvalue weighted by Gasteiger charge is 2.43. The van der Waals surface area contributed by atoms with E-state index in [0.29, 0.717) is 5.69 Å². The number of hydrogen-bond donors (Lipinski definition) is 0. The normalized spacial score (nSPS) is 15.5. The van der Waals surface area contributed by atoms with Gasteiger partial charge in [-0.05, 0) is 47.7 Å². The van der Waals surface area contributed by atoms with E-state index in [9.17, 15) is 27.6 Å². The lowest BCUT2D eigenvalue weighted by molar-refractivity contribution is -0.138. The van der Waals surface area contributed by atoms with E-state index in [1.54, 1.807) is 12.1 Å². The van der Waals surface area contributed by atoms with Gasteiger partial charge in [0.2, 0.25) is 0 Å². The summed E-state index contributed by atoms with van der Waals surface area (Å²) in [5, 5.41) is 0. The van der Waals surface area contributed by atoms with Crippen LogP contribution in [0.2, 0.25) is 0 Å². The molecule has 2 aromatic carbocycles. The van der Waals surface area contributed by atoms with Crippen molar-refractivity contribution in [2.45, 2.75) is 45.2 Å². The van der Waals surface area contributed by atoms with Crippen molar-refractivity contribution in [3.63, 3.8) is 0 Å². The Hall–Kier alpha value is -3.68. The first-order chi connectivity index (χ1) is 16.2. The van der Waals surface area contributed by atoms with Gasteiger partial charge in [0.05, 0.1) is 18.4 Å². The summed E-state index contributed by atoms with van der Waals surface area (Å²) in [6.45, 7) is 11.3. The molecule has 0 bridgehead atoms. The first-order valence-electron chi connectivity index (χ1n) is 10.8. The number of methoxy groups -OCH3 is 1. The summed E-state index contributed by atoms with van der Waals surface area (Å²) in [4.78, 5) is 40.0. The third-order valence-corrected chi connectivity index (χ3v) is 6.01. The molecule has 1 heterocycles. The molecule has 2 aromatic rings. The van der Waals surface area contributed by atoms with Crippen LogP contribution in [0, 0.1) is 0 Å². The SMILES string of the molecule is C=C(C(=O)OC)[C@@H](C1=C(C)C(=O)N(c2ccc(C(C)(C)C)cc2)C1=O)c1ccc(C(F)(F)F)cc1. The van der Waals surface area contributed by atoms with Gasteiger partial charge >= 0.3 is 12.1 Å². The maximum absolute atomic E-state index is 13.5. The number of esters is 1. The number of halogens is 3. The van der Waals surface area contributed by atoms with Crippen molar-refractivity contribution in [1.82, 2.24) is 0 Å². The molecule has 35 heavy (non-hydrogen) atoms. The number of imide groups is 1. The highest BCUT2D eigenvalue weighted by molar-refractivity contribution is 6.33. The zero-order chi connectivity index (χ0) is 26.3. The highest BCUT2D eigenvalue weighted by Crippen LogP contribution is 2.41. The van der Waals surface area contributed by atoms with Crippen LogP contribution in [0.3, 0.4) is 0 Å². The Morgan fingerprint density at radius 3 is 1.89 bits per heavy atom. The molecule has 0 N–H and O–H groups in total. The predicted molar refractivity (Wildman–Crippen MR) is 126 cm³/mol. The largest absolute Gasteiger partial charge is 0.466 e. The summed E-state index contributed by atoms with van der Waals surface area (Å²) in [6.07, 6.45) is -4.56. The predicted octanol–water partition coefficient (Wildman–Crippen LogP) is 5.71. The maximum atomic E-state index is 13.5. The van der Waals surface area contributed by atoms with Gasteiger partial charge in [-0.25, -0.2) is 9.69 Å². The number of carbonyl (C=O) groups is 3. The maximum Gasteiger partial charge on any atom is 0.416 e. The van der Waals surface area contributed by atoms with Crippen molar-refractivity contribution in [3.05, 3.63) is 88.5 Å². The van der Waals surface area contributed by atoms with Crippen LogP contribution in [0.1, 0.15) is 50.3 Å². The molecule has 0 spiro atoms. The molecule has 184 valence electrons. The number of anilines is 1. The fourth-order valence-corrected chi connectivity index (χ4v) is 4.00. The molecule has 1 aliphatic heterocycles. The van der Waals surface area contributed by atoms with Crippen LogP contribution in [-0.2, 0) is 30.7 Å². The van der Waals surface area contributed by atoms with Crippen molar-refractivity contribution in [2.24, 2.45) is 0 Å². The first kappa shape index (κ1) is 25.9. The lowest BCUT2D eigenvalue weighted by Crippen LogP contribution is -2.32. The number of ether oxygens (including phenoxy) is 1. The van der Waals surface area contributed by atoms with Gasteiger partial charge in [0.15, 0.2) is 0 Å². The van der Waals surface area contributed by atoms with Gasteiger partial charge in [-0.2, -0.15) is 13.2 Å².